The van der Waals surface area contributed by atoms with Gasteiger partial charge in [-0.05, 0) is 86.6 Å². The molecule has 0 saturated carbocycles. The van der Waals surface area contributed by atoms with Crippen LogP contribution in [0.5, 0.6) is 0 Å². The van der Waals surface area contributed by atoms with Crippen LogP contribution in [0.1, 0.15) is 52.7 Å². The quantitative estimate of drug-likeness (QED) is 0.243. The standard InChI is InChI=1S/C28H25N3O4/c1-15-7-11-20-21(13-15)30-28(29-20)31-24(22-12-8-16(2)35-22)23(26(33)27(31)34)25(32)19-10-9-17-5-3-4-6-18(17)14-19/h7-14,24,32H,3-6H2,1-2H3,(H,29,30)/b25-23+. The SMILES string of the molecule is Cc1ccc2nc(N3C(=O)C(=O)/C(=C(/O)c4ccc5c(c4)CCCC5)C3c3ccc(C)o3)[nH]c2c1. The fourth-order valence-electron chi connectivity index (χ4n) is 5.18. The van der Waals surface area contributed by atoms with Gasteiger partial charge in [-0.1, -0.05) is 18.2 Å². The summed E-state index contributed by atoms with van der Waals surface area (Å²) in [6, 6.07) is 14.1. The molecular weight excluding hydrogens is 442 g/mol. The number of aromatic amines is 1. The van der Waals surface area contributed by atoms with Crippen molar-refractivity contribution in [3.05, 3.63) is 87.9 Å². The van der Waals surface area contributed by atoms with Crippen LogP contribution in [0, 0.1) is 13.8 Å². The van der Waals surface area contributed by atoms with E-state index in [-0.39, 0.29) is 17.3 Å². The minimum absolute atomic E-state index is 0.00301. The molecule has 1 amide bonds. The van der Waals surface area contributed by atoms with Gasteiger partial charge in [-0.2, -0.15) is 0 Å². The smallest absolute Gasteiger partial charge is 0.302 e. The van der Waals surface area contributed by atoms with Crippen molar-refractivity contribution in [3.63, 3.8) is 0 Å². The van der Waals surface area contributed by atoms with Crippen LogP contribution in [-0.2, 0) is 22.4 Å². The maximum atomic E-state index is 13.4. The second kappa shape index (κ2) is 7.98. The number of rotatable bonds is 3. The summed E-state index contributed by atoms with van der Waals surface area (Å²) in [5.41, 5.74) is 5.44. The van der Waals surface area contributed by atoms with E-state index in [1.165, 1.54) is 16.0 Å². The first-order chi connectivity index (χ1) is 16.9. The molecule has 2 aliphatic rings. The number of aliphatic hydroxyl groups excluding tert-OH is 1. The highest BCUT2D eigenvalue weighted by atomic mass is 16.3. The van der Waals surface area contributed by atoms with Crippen LogP contribution < -0.4 is 4.90 Å². The van der Waals surface area contributed by atoms with Gasteiger partial charge in [0, 0.05) is 5.56 Å². The topological polar surface area (TPSA) is 99.4 Å². The molecule has 3 heterocycles. The molecule has 176 valence electrons. The molecule has 1 aliphatic carbocycles. The monoisotopic (exact) mass is 467 g/mol. The van der Waals surface area contributed by atoms with Crippen molar-refractivity contribution >= 4 is 34.4 Å². The summed E-state index contributed by atoms with van der Waals surface area (Å²) in [5, 5.41) is 11.4. The Morgan fingerprint density at radius 3 is 2.60 bits per heavy atom. The van der Waals surface area contributed by atoms with Gasteiger partial charge in [-0.15, -0.1) is 0 Å². The van der Waals surface area contributed by atoms with E-state index in [1.54, 1.807) is 19.1 Å². The number of amides is 1. The number of H-pyrrole nitrogens is 1. The highest BCUT2D eigenvalue weighted by Gasteiger charge is 2.49. The van der Waals surface area contributed by atoms with Gasteiger partial charge in [0.1, 0.15) is 23.3 Å². The number of furan rings is 1. The normalized spacial score (nSPS) is 19.5. The third-order valence-electron chi connectivity index (χ3n) is 6.95. The van der Waals surface area contributed by atoms with Gasteiger partial charge >= 0.3 is 5.91 Å². The van der Waals surface area contributed by atoms with Gasteiger partial charge in [-0.25, -0.2) is 4.98 Å². The van der Waals surface area contributed by atoms with Gasteiger partial charge in [0.25, 0.3) is 5.78 Å². The maximum Gasteiger partial charge on any atom is 0.302 e. The summed E-state index contributed by atoms with van der Waals surface area (Å²) in [4.78, 5) is 35.8. The van der Waals surface area contributed by atoms with E-state index < -0.39 is 17.7 Å². The summed E-state index contributed by atoms with van der Waals surface area (Å²) in [5.74, 6) is -0.478. The lowest BCUT2D eigenvalue weighted by Gasteiger charge is -2.21. The third kappa shape index (κ3) is 3.46. The van der Waals surface area contributed by atoms with Crippen LogP contribution in [0.25, 0.3) is 16.8 Å². The first-order valence-electron chi connectivity index (χ1n) is 11.9. The van der Waals surface area contributed by atoms with E-state index in [4.69, 9.17) is 4.42 Å². The van der Waals surface area contributed by atoms with Crippen molar-refractivity contribution in [1.82, 2.24) is 9.97 Å². The minimum Gasteiger partial charge on any atom is -0.507 e. The molecule has 0 spiro atoms. The average Bonchev–Trinajstić information content (AvgIpc) is 3.54. The van der Waals surface area contributed by atoms with Gasteiger partial charge < -0.3 is 14.5 Å². The van der Waals surface area contributed by atoms with E-state index in [9.17, 15) is 14.7 Å². The Bertz CT molecular complexity index is 1540. The number of ketones is 1. The van der Waals surface area contributed by atoms with Crippen molar-refractivity contribution in [2.75, 3.05) is 4.90 Å². The Kier molecular flexibility index (Phi) is 4.88. The Labute approximate surface area is 202 Å². The molecule has 1 atom stereocenters. The zero-order valence-electron chi connectivity index (χ0n) is 19.6. The Morgan fingerprint density at radius 2 is 1.83 bits per heavy atom. The van der Waals surface area contributed by atoms with Crippen LogP contribution in [-0.4, -0.2) is 26.8 Å². The largest absolute Gasteiger partial charge is 0.507 e. The van der Waals surface area contributed by atoms with Crippen molar-refractivity contribution < 1.29 is 19.1 Å². The number of nitrogens with zero attached hydrogens (tertiary/aromatic N) is 2. The lowest BCUT2D eigenvalue weighted by atomic mass is 9.89. The van der Waals surface area contributed by atoms with E-state index in [1.807, 2.05) is 43.3 Å². The molecule has 2 aromatic heterocycles. The lowest BCUT2D eigenvalue weighted by molar-refractivity contribution is -0.132. The second-order valence-corrected chi connectivity index (χ2v) is 9.39. The molecule has 1 aliphatic heterocycles. The molecule has 4 aromatic rings. The fourth-order valence-corrected chi connectivity index (χ4v) is 5.18. The molecule has 7 nitrogen and oxygen atoms in total. The number of benzene rings is 2. The lowest BCUT2D eigenvalue weighted by Crippen LogP contribution is -2.30. The molecule has 1 unspecified atom stereocenters. The van der Waals surface area contributed by atoms with Crippen molar-refractivity contribution in [3.8, 4) is 0 Å². The number of hydrogen-bond acceptors (Lipinski definition) is 5. The predicted octanol–water partition coefficient (Wildman–Crippen LogP) is 5.28. The highest BCUT2D eigenvalue weighted by molar-refractivity contribution is 6.51. The summed E-state index contributed by atoms with van der Waals surface area (Å²) in [6.07, 6.45) is 4.19. The number of fused-ring (bicyclic) bond motifs is 2. The van der Waals surface area contributed by atoms with Crippen molar-refractivity contribution in [2.45, 2.75) is 45.6 Å². The zero-order valence-corrected chi connectivity index (χ0v) is 19.6. The van der Waals surface area contributed by atoms with E-state index in [0.29, 0.717) is 22.6 Å². The van der Waals surface area contributed by atoms with Gasteiger partial charge in [0.05, 0.1) is 16.6 Å². The maximum absolute atomic E-state index is 13.4. The van der Waals surface area contributed by atoms with Gasteiger partial charge in [0.2, 0.25) is 5.95 Å². The molecule has 2 N–H and O–H groups in total. The van der Waals surface area contributed by atoms with E-state index >= 15 is 0 Å². The summed E-state index contributed by atoms with van der Waals surface area (Å²) >= 11 is 0. The van der Waals surface area contributed by atoms with Crippen LogP contribution >= 0.6 is 0 Å². The first kappa shape index (κ1) is 21.4. The van der Waals surface area contributed by atoms with Crippen LogP contribution in [0.3, 0.4) is 0 Å². The van der Waals surface area contributed by atoms with Gasteiger partial charge in [0.15, 0.2) is 0 Å². The zero-order chi connectivity index (χ0) is 24.3. The van der Waals surface area contributed by atoms with Crippen molar-refractivity contribution in [1.29, 1.82) is 0 Å². The minimum atomic E-state index is -0.943. The Morgan fingerprint density at radius 1 is 1.03 bits per heavy atom. The number of aliphatic hydroxyl groups is 1. The van der Waals surface area contributed by atoms with E-state index in [0.717, 1.165) is 36.8 Å². The number of Topliss-reactive ketones (excluding diaryl/α,β-unsaturated/α-hetero) is 1. The molecule has 1 fully saturated rings. The van der Waals surface area contributed by atoms with Crippen LogP contribution in [0.4, 0.5) is 5.95 Å². The molecule has 1 saturated heterocycles. The number of aryl methyl sites for hydroxylation is 4. The van der Waals surface area contributed by atoms with E-state index in [2.05, 4.69) is 9.97 Å². The number of nitrogens with one attached hydrogen (secondary N) is 1. The molecule has 0 radical (unpaired) electrons. The Balaban J connectivity index is 1.53. The summed E-state index contributed by atoms with van der Waals surface area (Å²) < 4.78 is 5.88. The van der Waals surface area contributed by atoms with Crippen LogP contribution in [0.2, 0.25) is 0 Å². The number of anilines is 1. The number of hydrogen-bond donors (Lipinski definition) is 2. The first-order valence-corrected chi connectivity index (χ1v) is 11.9. The number of carbonyl (C=O) groups is 2. The van der Waals surface area contributed by atoms with Crippen LogP contribution in [0.15, 0.2) is 58.5 Å². The molecule has 2 aromatic carbocycles. The molecule has 6 rings (SSSR count). The average molecular weight is 468 g/mol. The molecule has 7 heteroatoms. The molecular formula is C28H25N3O4. The summed E-state index contributed by atoms with van der Waals surface area (Å²) in [6.45, 7) is 3.76. The van der Waals surface area contributed by atoms with Gasteiger partial charge in [-0.3, -0.25) is 14.5 Å². The second-order valence-electron chi connectivity index (χ2n) is 9.39. The number of aromatic nitrogens is 2. The number of carbonyl (C=O) groups excluding carboxylic acids is 2. The number of imidazole rings is 1. The molecule has 0 bridgehead atoms. The fraction of sp³-hybridized carbons (Fsp3) is 0.250. The predicted molar refractivity (Wildman–Crippen MR) is 132 cm³/mol. The Hall–Kier alpha value is -4.13. The molecule has 35 heavy (non-hydrogen) atoms. The third-order valence-corrected chi connectivity index (χ3v) is 6.95. The van der Waals surface area contributed by atoms with Crippen molar-refractivity contribution in [2.24, 2.45) is 0 Å². The highest BCUT2D eigenvalue weighted by Crippen LogP contribution is 2.42. The summed E-state index contributed by atoms with van der Waals surface area (Å²) in [7, 11) is 0.